The molecule has 36 heavy (non-hydrogen) atoms. The van der Waals surface area contributed by atoms with E-state index in [0.29, 0.717) is 6.07 Å². The Kier molecular flexibility index (Phi) is 4.72. The number of rotatable bonds is 3. The minimum Gasteiger partial charge on any atom is -0.421 e. The molecule has 2 heterocycles. The van der Waals surface area contributed by atoms with Gasteiger partial charge in [0.2, 0.25) is 9.84 Å². The van der Waals surface area contributed by atoms with E-state index in [2.05, 4.69) is 5.10 Å². The maximum absolute atomic E-state index is 14.0. The Morgan fingerprint density at radius 3 is 2.31 bits per heavy atom. The van der Waals surface area contributed by atoms with Crippen LogP contribution in [0, 0.1) is 0 Å². The molecular formula is C19H9ClF6N4O5S. The van der Waals surface area contributed by atoms with Crippen LogP contribution in [0.1, 0.15) is 6.04 Å². The monoisotopic (exact) mass is 554 g/mol. The fourth-order valence-electron chi connectivity index (χ4n) is 4.01. The van der Waals surface area contributed by atoms with E-state index >= 15 is 0 Å². The van der Waals surface area contributed by atoms with Gasteiger partial charge in [-0.2, -0.15) is 31.4 Å². The van der Waals surface area contributed by atoms with Crippen LogP contribution in [0.3, 0.4) is 0 Å². The third-order valence-electron chi connectivity index (χ3n) is 5.89. The number of halogens is 7. The van der Waals surface area contributed by atoms with Crippen LogP contribution in [0.25, 0.3) is 21.8 Å². The predicted molar refractivity (Wildman–Crippen MR) is 110 cm³/mol. The van der Waals surface area contributed by atoms with Gasteiger partial charge in [-0.15, -0.1) is 0 Å². The Morgan fingerprint density at radius 2 is 1.67 bits per heavy atom. The lowest BCUT2D eigenvalue weighted by molar-refractivity contribution is -0.427. The van der Waals surface area contributed by atoms with Crippen molar-refractivity contribution in [2.75, 3.05) is 0 Å². The van der Waals surface area contributed by atoms with Gasteiger partial charge in [0.15, 0.2) is 6.04 Å². The molecule has 0 saturated heterocycles. The zero-order valence-electron chi connectivity index (χ0n) is 17.0. The average molecular weight is 555 g/mol. The van der Waals surface area contributed by atoms with Crippen LogP contribution in [-0.4, -0.2) is 50.9 Å². The van der Waals surface area contributed by atoms with Gasteiger partial charge >= 0.3 is 23.5 Å². The molecule has 190 valence electrons. The van der Waals surface area contributed by atoms with Crippen molar-refractivity contribution in [2.45, 2.75) is 33.6 Å². The average Bonchev–Trinajstić information content (AvgIpc) is 3.19. The first-order valence-corrected chi connectivity index (χ1v) is 11.4. The van der Waals surface area contributed by atoms with Crippen molar-refractivity contribution in [3.63, 3.8) is 0 Å². The summed E-state index contributed by atoms with van der Waals surface area (Å²) in [5.74, 6) is -16.0. The number of benzene rings is 2. The minimum atomic E-state index is -5.65. The number of fused-ring (bicyclic) bond motifs is 2. The first-order chi connectivity index (χ1) is 16.5. The molecule has 0 aliphatic heterocycles. The quantitative estimate of drug-likeness (QED) is 0.296. The van der Waals surface area contributed by atoms with Crippen LogP contribution in [0.15, 0.2) is 55.9 Å². The zero-order chi connectivity index (χ0) is 26.6. The van der Waals surface area contributed by atoms with Crippen LogP contribution >= 0.6 is 11.6 Å². The number of alkyl halides is 6. The van der Waals surface area contributed by atoms with Crippen molar-refractivity contribution in [2.24, 2.45) is 0 Å². The number of nitrogens with one attached hydrogen (secondary N) is 1. The molecule has 2 aromatic heterocycles. The third-order valence-corrected chi connectivity index (χ3v) is 7.99. The minimum absolute atomic E-state index is 0.0714. The van der Waals surface area contributed by atoms with Gasteiger partial charge in [0.25, 0.3) is 5.56 Å². The van der Waals surface area contributed by atoms with E-state index < -0.39 is 71.1 Å². The van der Waals surface area contributed by atoms with E-state index in [0.717, 1.165) is 30.5 Å². The summed E-state index contributed by atoms with van der Waals surface area (Å²) < 4.78 is 109. The van der Waals surface area contributed by atoms with Crippen LogP contribution in [0.5, 0.6) is 0 Å². The summed E-state index contributed by atoms with van der Waals surface area (Å²) in [6.45, 7) is 0. The zero-order valence-corrected chi connectivity index (χ0v) is 18.6. The smallest absolute Gasteiger partial charge is 0.376 e. The second-order valence-electron chi connectivity index (χ2n) is 7.88. The summed E-state index contributed by atoms with van der Waals surface area (Å²) in [7, 11) is -4.73. The van der Waals surface area contributed by atoms with Gasteiger partial charge in [-0.1, -0.05) is 16.3 Å². The number of aromatic nitrogens is 4. The number of sulfone groups is 1. The van der Waals surface area contributed by atoms with Crippen molar-refractivity contribution >= 4 is 43.2 Å². The first kappa shape index (κ1) is 24.2. The SMILES string of the molecule is O=c1[nH]c2c(S(=O)(=O)c3ccc4cnn(C5C(F)(F)C(F)(F)C5(F)F)c4c3)ccc(Cl)c2c(=O)n1O. The van der Waals surface area contributed by atoms with E-state index in [-0.39, 0.29) is 19.8 Å². The van der Waals surface area contributed by atoms with Gasteiger partial charge in [0.05, 0.1) is 37.4 Å². The van der Waals surface area contributed by atoms with Crippen molar-refractivity contribution in [3.05, 3.63) is 62.4 Å². The standard InChI is InChI=1S/C19H9ClF6N4O5S/c20-9-3-4-11(13-12(9)14(31)30(33)16(32)28-13)36(34,35)8-2-1-7-6-27-29(10(7)5-8)15-17(21,22)19(25,26)18(15,23)24/h1-6,15,33H,(H,28,32). The molecule has 2 N–H and O–H groups in total. The highest BCUT2D eigenvalue weighted by atomic mass is 35.5. The molecule has 4 aromatic rings. The molecule has 2 aromatic carbocycles. The Labute approximate surface area is 199 Å². The van der Waals surface area contributed by atoms with Crippen molar-refractivity contribution in [1.29, 1.82) is 0 Å². The lowest BCUT2D eigenvalue weighted by Crippen LogP contribution is -2.74. The second kappa shape index (κ2) is 7.03. The van der Waals surface area contributed by atoms with Gasteiger partial charge in [0.1, 0.15) is 0 Å². The van der Waals surface area contributed by atoms with E-state index in [4.69, 9.17) is 11.6 Å². The van der Waals surface area contributed by atoms with Crippen LogP contribution in [-0.2, 0) is 9.84 Å². The third kappa shape index (κ3) is 2.79. The number of hydrogen-bond donors (Lipinski definition) is 2. The van der Waals surface area contributed by atoms with Crippen molar-refractivity contribution in [1.82, 2.24) is 19.5 Å². The second-order valence-corrected chi connectivity index (χ2v) is 10.2. The molecule has 1 aliphatic carbocycles. The molecule has 0 unspecified atom stereocenters. The van der Waals surface area contributed by atoms with Gasteiger partial charge in [-0.05, 0) is 30.3 Å². The molecule has 0 radical (unpaired) electrons. The molecule has 0 amide bonds. The molecular weight excluding hydrogens is 546 g/mol. The maximum atomic E-state index is 14.0. The predicted octanol–water partition coefficient (Wildman–Crippen LogP) is 3.22. The number of nitrogens with zero attached hydrogens (tertiary/aromatic N) is 3. The summed E-state index contributed by atoms with van der Waals surface area (Å²) in [6.07, 6.45) is 0.813. The molecule has 0 bridgehead atoms. The molecule has 9 nitrogen and oxygen atoms in total. The number of H-pyrrole nitrogens is 1. The fourth-order valence-corrected chi connectivity index (χ4v) is 5.69. The summed E-state index contributed by atoms with van der Waals surface area (Å²) in [5.41, 5.74) is -3.98. The van der Waals surface area contributed by atoms with Crippen LogP contribution in [0.4, 0.5) is 26.3 Å². The Hall–Kier alpha value is -3.53. The van der Waals surface area contributed by atoms with E-state index in [1.807, 2.05) is 4.98 Å². The number of hydrogen-bond acceptors (Lipinski definition) is 6. The summed E-state index contributed by atoms with van der Waals surface area (Å²) in [4.78, 5) is 24.7. The number of aromatic amines is 1. The Bertz CT molecular complexity index is 1810. The maximum Gasteiger partial charge on any atom is 0.376 e. The van der Waals surface area contributed by atoms with Gasteiger partial charge in [-0.3, -0.25) is 4.79 Å². The molecule has 17 heteroatoms. The largest absolute Gasteiger partial charge is 0.421 e. The highest BCUT2D eigenvalue weighted by molar-refractivity contribution is 7.91. The van der Waals surface area contributed by atoms with Crippen LogP contribution in [0.2, 0.25) is 5.02 Å². The van der Waals surface area contributed by atoms with Gasteiger partial charge < -0.3 is 10.2 Å². The van der Waals surface area contributed by atoms with Crippen molar-refractivity contribution in [3.8, 4) is 0 Å². The van der Waals surface area contributed by atoms with Gasteiger partial charge in [-0.25, -0.2) is 17.9 Å². The van der Waals surface area contributed by atoms with E-state index in [9.17, 15) is 49.6 Å². The molecule has 5 rings (SSSR count). The van der Waals surface area contributed by atoms with Gasteiger partial charge in [0, 0.05) is 5.39 Å². The summed E-state index contributed by atoms with van der Waals surface area (Å²) in [6, 6.07) is 1.09. The highest BCUT2D eigenvalue weighted by Crippen LogP contribution is 2.67. The molecule has 1 saturated carbocycles. The summed E-state index contributed by atoms with van der Waals surface area (Å²) >= 11 is 5.92. The molecule has 1 fully saturated rings. The normalized spacial score (nSPS) is 19.0. The van der Waals surface area contributed by atoms with Crippen molar-refractivity contribution < 1.29 is 40.0 Å². The lowest BCUT2D eigenvalue weighted by Gasteiger charge is -2.49. The van der Waals surface area contributed by atoms with E-state index in [1.54, 1.807) is 0 Å². The van der Waals surface area contributed by atoms with Crippen LogP contribution < -0.4 is 11.2 Å². The first-order valence-electron chi connectivity index (χ1n) is 9.57. The topological polar surface area (TPSA) is 127 Å². The molecule has 0 spiro atoms. The highest BCUT2D eigenvalue weighted by Gasteiger charge is 2.91. The molecule has 1 aliphatic rings. The Morgan fingerprint density at radius 1 is 1.03 bits per heavy atom. The van der Waals surface area contributed by atoms with E-state index in [1.165, 1.54) is 0 Å². The summed E-state index contributed by atoms with van der Waals surface area (Å²) in [5, 5.41) is 11.9. The fraction of sp³-hybridized carbons (Fsp3) is 0.211. The lowest BCUT2D eigenvalue weighted by atomic mass is 9.78. The Balaban J connectivity index is 1.73. The molecule has 0 atom stereocenters.